The Morgan fingerprint density at radius 2 is 2.00 bits per heavy atom. The van der Waals surface area contributed by atoms with Crippen molar-refractivity contribution in [3.8, 4) is 0 Å². The summed E-state index contributed by atoms with van der Waals surface area (Å²) in [6, 6.07) is 1.31. The second-order valence-corrected chi connectivity index (χ2v) is 4.66. The molecule has 98 valence electrons. The summed E-state index contributed by atoms with van der Waals surface area (Å²) >= 11 is 0. The minimum Gasteiger partial charge on any atom is -0.379 e. The zero-order valence-electron chi connectivity index (χ0n) is 10.0. The summed E-state index contributed by atoms with van der Waals surface area (Å²) in [6.07, 6.45) is -2.08. The molecule has 0 spiro atoms. The molecular formula is C12H18F3NO. The molecule has 0 aliphatic rings. The van der Waals surface area contributed by atoms with E-state index in [1.54, 1.807) is 10.8 Å². The molecule has 0 aromatic carbocycles. The number of alkyl halides is 3. The molecule has 2 nitrogen and oxygen atoms in total. The van der Waals surface area contributed by atoms with Crippen molar-refractivity contribution < 1.29 is 18.3 Å². The maximum Gasteiger partial charge on any atom is 0.418 e. The second-order valence-electron chi connectivity index (χ2n) is 4.66. The summed E-state index contributed by atoms with van der Waals surface area (Å²) in [4.78, 5) is 0. The van der Waals surface area contributed by atoms with Crippen molar-refractivity contribution in [3.63, 3.8) is 0 Å². The first kappa shape index (κ1) is 14.1. The Labute approximate surface area is 99.1 Å². The Morgan fingerprint density at radius 3 is 2.53 bits per heavy atom. The lowest BCUT2D eigenvalue weighted by Gasteiger charge is -2.12. The third-order valence-electron chi connectivity index (χ3n) is 2.60. The van der Waals surface area contributed by atoms with Gasteiger partial charge in [-0.15, -0.1) is 0 Å². The molecule has 5 heteroatoms. The third-order valence-corrected chi connectivity index (χ3v) is 2.60. The molecule has 0 radical (unpaired) electrons. The largest absolute Gasteiger partial charge is 0.418 e. The SMILES string of the molecule is CC(C)CCCn1ccc(C(O)C(F)(F)F)c1. The first-order chi connectivity index (χ1) is 7.80. The Hall–Kier alpha value is -0.970. The number of halogens is 3. The molecule has 17 heavy (non-hydrogen) atoms. The number of nitrogens with zero attached hydrogens (tertiary/aromatic N) is 1. The normalized spacial score (nSPS) is 14.3. The molecule has 0 saturated carbocycles. The molecule has 1 N–H and O–H groups in total. The number of rotatable bonds is 5. The van der Waals surface area contributed by atoms with Crippen LogP contribution in [0.1, 0.15) is 38.4 Å². The van der Waals surface area contributed by atoms with Crippen LogP contribution in [-0.2, 0) is 6.54 Å². The lowest BCUT2D eigenvalue weighted by Crippen LogP contribution is -2.19. The summed E-state index contributed by atoms with van der Waals surface area (Å²) in [6.45, 7) is 4.89. The van der Waals surface area contributed by atoms with Crippen LogP contribution in [0.25, 0.3) is 0 Å². The van der Waals surface area contributed by atoms with Crippen molar-refractivity contribution in [1.82, 2.24) is 4.57 Å². The predicted octanol–water partition coefficient (Wildman–Crippen LogP) is 3.52. The van der Waals surface area contributed by atoms with E-state index in [9.17, 15) is 13.2 Å². The van der Waals surface area contributed by atoms with Crippen molar-refractivity contribution >= 4 is 0 Å². The Bertz CT molecular complexity index is 344. The van der Waals surface area contributed by atoms with Gasteiger partial charge >= 0.3 is 6.18 Å². The molecule has 0 fully saturated rings. The minimum absolute atomic E-state index is 0.0953. The molecule has 1 atom stereocenters. The van der Waals surface area contributed by atoms with Crippen LogP contribution in [0.15, 0.2) is 18.5 Å². The highest BCUT2D eigenvalue weighted by molar-refractivity contribution is 5.15. The molecule has 1 aromatic heterocycles. The van der Waals surface area contributed by atoms with Crippen LogP contribution in [0.4, 0.5) is 13.2 Å². The summed E-state index contributed by atoms with van der Waals surface area (Å²) in [7, 11) is 0. The van der Waals surface area contributed by atoms with Gasteiger partial charge in [0.25, 0.3) is 0 Å². The Balaban J connectivity index is 2.54. The highest BCUT2D eigenvalue weighted by atomic mass is 19.4. The van der Waals surface area contributed by atoms with E-state index in [2.05, 4.69) is 13.8 Å². The Kier molecular flexibility index (Phi) is 4.62. The van der Waals surface area contributed by atoms with Gasteiger partial charge in [-0.1, -0.05) is 13.8 Å². The number of aliphatic hydroxyl groups is 1. The fourth-order valence-corrected chi connectivity index (χ4v) is 1.63. The second kappa shape index (κ2) is 5.58. The fourth-order valence-electron chi connectivity index (χ4n) is 1.63. The lowest BCUT2D eigenvalue weighted by molar-refractivity contribution is -0.206. The van der Waals surface area contributed by atoms with Gasteiger partial charge in [-0.3, -0.25) is 0 Å². The van der Waals surface area contributed by atoms with Crippen LogP contribution in [0.2, 0.25) is 0 Å². The Morgan fingerprint density at radius 1 is 1.35 bits per heavy atom. The van der Waals surface area contributed by atoms with E-state index >= 15 is 0 Å². The summed E-state index contributed by atoms with van der Waals surface area (Å²) in [5.74, 6) is 0.589. The first-order valence-corrected chi connectivity index (χ1v) is 5.71. The van der Waals surface area contributed by atoms with Crippen LogP contribution in [0, 0.1) is 5.92 Å². The van der Waals surface area contributed by atoms with Crippen molar-refractivity contribution in [2.45, 2.75) is 45.5 Å². The highest BCUT2D eigenvalue weighted by Gasteiger charge is 2.39. The van der Waals surface area contributed by atoms with Crippen LogP contribution in [0.5, 0.6) is 0 Å². The average molecular weight is 249 g/mol. The number of aliphatic hydroxyl groups excluding tert-OH is 1. The van der Waals surface area contributed by atoms with E-state index in [-0.39, 0.29) is 5.56 Å². The predicted molar refractivity (Wildman–Crippen MR) is 59.5 cm³/mol. The minimum atomic E-state index is -4.59. The maximum atomic E-state index is 12.2. The van der Waals surface area contributed by atoms with Gasteiger partial charge in [0.05, 0.1) is 0 Å². The van der Waals surface area contributed by atoms with E-state index in [4.69, 9.17) is 5.11 Å². The molecule has 0 amide bonds. The van der Waals surface area contributed by atoms with Crippen LogP contribution < -0.4 is 0 Å². The van der Waals surface area contributed by atoms with Gasteiger partial charge in [0, 0.05) is 24.5 Å². The van der Waals surface area contributed by atoms with Gasteiger partial charge in [-0.2, -0.15) is 13.2 Å². The molecule has 0 bridgehead atoms. The lowest BCUT2D eigenvalue weighted by atomic mass is 10.1. The monoisotopic (exact) mass is 249 g/mol. The summed E-state index contributed by atoms with van der Waals surface area (Å²) in [5.41, 5.74) is -0.0953. The third kappa shape index (κ3) is 4.42. The number of aryl methyl sites for hydroxylation is 1. The van der Waals surface area contributed by atoms with E-state index in [0.717, 1.165) is 12.8 Å². The summed E-state index contributed by atoms with van der Waals surface area (Å²) in [5, 5.41) is 9.05. The smallest absolute Gasteiger partial charge is 0.379 e. The molecular weight excluding hydrogens is 231 g/mol. The average Bonchev–Trinajstić information content (AvgIpc) is 2.63. The first-order valence-electron chi connectivity index (χ1n) is 5.71. The molecule has 0 aliphatic carbocycles. The van der Waals surface area contributed by atoms with Gasteiger partial charge in [-0.25, -0.2) is 0 Å². The maximum absolute atomic E-state index is 12.2. The van der Waals surface area contributed by atoms with Gasteiger partial charge in [0.15, 0.2) is 6.10 Å². The fraction of sp³-hybridized carbons (Fsp3) is 0.667. The van der Waals surface area contributed by atoms with Crippen molar-refractivity contribution in [2.24, 2.45) is 5.92 Å². The van der Waals surface area contributed by atoms with Gasteiger partial charge < -0.3 is 9.67 Å². The van der Waals surface area contributed by atoms with Crippen molar-refractivity contribution in [2.75, 3.05) is 0 Å². The standard InChI is InChI=1S/C12H18F3NO/c1-9(2)4-3-6-16-7-5-10(8-16)11(17)12(13,14)15/h5,7-9,11,17H,3-4,6H2,1-2H3. The van der Waals surface area contributed by atoms with E-state index < -0.39 is 12.3 Å². The molecule has 0 saturated heterocycles. The quantitative estimate of drug-likeness (QED) is 0.848. The van der Waals surface area contributed by atoms with Crippen molar-refractivity contribution in [3.05, 3.63) is 24.0 Å². The van der Waals surface area contributed by atoms with Gasteiger partial charge in [0.1, 0.15) is 0 Å². The molecule has 0 aliphatic heterocycles. The topological polar surface area (TPSA) is 25.2 Å². The van der Waals surface area contributed by atoms with Crippen LogP contribution in [0.3, 0.4) is 0 Å². The molecule has 1 unspecified atom stereocenters. The molecule has 1 rings (SSSR count). The highest BCUT2D eigenvalue weighted by Crippen LogP contribution is 2.32. The van der Waals surface area contributed by atoms with E-state index in [1.165, 1.54) is 12.3 Å². The molecule has 1 aromatic rings. The number of aromatic nitrogens is 1. The zero-order valence-corrected chi connectivity index (χ0v) is 10.0. The summed E-state index contributed by atoms with van der Waals surface area (Å²) < 4.78 is 38.4. The van der Waals surface area contributed by atoms with Crippen LogP contribution >= 0.6 is 0 Å². The molecule has 1 heterocycles. The van der Waals surface area contributed by atoms with Gasteiger partial charge in [0.2, 0.25) is 0 Å². The van der Waals surface area contributed by atoms with Gasteiger partial charge in [-0.05, 0) is 24.8 Å². The number of hydrogen-bond donors (Lipinski definition) is 1. The van der Waals surface area contributed by atoms with Crippen molar-refractivity contribution in [1.29, 1.82) is 0 Å². The van der Waals surface area contributed by atoms with E-state index in [1.807, 2.05) is 0 Å². The van der Waals surface area contributed by atoms with E-state index in [0.29, 0.717) is 12.5 Å². The number of hydrogen-bond acceptors (Lipinski definition) is 1. The van der Waals surface area contributed by atoms with Crippen LogP contribution in [-0.4, -0.2) is 15.8 Å². The zero-order chi connectivity index (χ0) is 13.1.